The third-order valence-electron chi connectivity index (χ3n) is 3.45. The van der Waals surface area contributed by atoms with Crippen LogP contribution in [0, 0.1) is 0 Å². The largest absolute Gasteiger partial charge is 0.478 e. The van der Waals surface area contributed by atoms with Crippen molar-refractivity contribution in [1.29, 1.82) is 0 Å². The number of aromatic carboxylic acids is 1. The maximum absolute atomic E-state index is 11.3. The van der Waals surface area contributed by atoms with Crippen LogP contribution in [0.3, 0.4) is 0 Å². The second-order valence-electron chi connectivity index (χ2n) is 4.63. The molecule has 0 saturated carbocycles. The van der Waals surface area contributed by atoms with E-state index in [9.17, 15) is 9.90 Å². The first-order valence-corrected chi connectivity index (χ1v) is 6.69. The Morgan fingerprint density at radius 3 is 2.40 bits per heavy atom. The molecule has 2 aromatic rings. The third-order valence-corrected chi connectivity index (χ3v) is 3.79. The number of para-hydroxylation sites is 1. The van der Waals surface area contributed by atoms with Gasteiger partial charge < -0.3 is 10.0 Å². The number of benzene rings is 2. The topological polar surface area (TPSA) is 40.5 Å². The predicted octanol–water partition coefficient (Wildman–Crippen LogP) is 4.24. The molecule has 104 valence electrons. The minimum atomic E-state index is -0.932. The minimum absolute atomic E-state index is 0.0239. The summed E-state index contributed by atoms with van der Waals surface area (Å²) >= 11 is 6.21. The second kappa shape index (κ2) is 5.97. The molecule has 1 unspecified atom stereocenters. The van der Waals surface area contributed by atoms with Crippen LogP contribution in [-0.4, -0.2) is 18.1 Å². The number of rotatable bonds is 4. The Morgan fingerprint density at radius 2 is 1.75 bits per heavy atom. The molecule has 2 rings (SSSR count). The summed E-state index contributed by atoms with van der Waals surface area (Å²) in [6.07, 6.45) is 0. The van der Waals surface area contributed by atoms with Crippen LogP contribution < -0.4 is 4.90 Å². The Kier molecular flexibility index (Phi) is 4.30. The fourth-order valence-electron chi connectivity index (χ4n) is 2.19. The highest BCUT2D eigenvalue weighted by atomic mass is 35.5. The van der Waals surface area contributed by atoms with E-state index in [-0.39, 0.29) is 11.6 Å². The Morgan fingerprint density at radius 1 is 1.15 bits per heavy atom. The number of nitrogens with zero attached hydrogens (tertiary/aromatic N) is 1. The van der Waals surface area contributed by atoms with Gasteiger partial charge in [-0.1, -0.05) is 41.9 Å². The van der Waals surface area contributed by atoms with E-state index in [4.69, 9.17) is 11.6 Å². The molecule has 0 bridgehead atoms. The van der Waals surface area contributed by atoms with E-state index in [0.717, 1.165) is 5.56 Å². The lowest BCUT2D eigenvalue weighted by molar-refractivity contribution is 0.0697. The maximum atomic E-state index is 11.3. The van der Waals surface area contributed by atoms with Gasteiger partial charge in [-0.2, -0.15) is 0 Å². The van der Waals surface area contributed by atoms with Crippen LogP contribution in [0.5, 0.6) is 0 Å². The number of carboxylic acid groups (broad SMARTS) is 1. The van der Waals surface area contributed by atoms with Crippen LogP contribution in [-0.2, 0) is 0 Å². The number of carboxylic acids is 1. The van der Waals surface area contributed by atoms with Gasteiger partial charge in [-0.05, 0) is 30.7 Å². The molecule has 2 aromatic carbocycles. The predicted molar refractivity (Wildman–Crippen MR) is 81.7 cm³/mol. The summed E-state index contributed by atoms with van der Waals surface area (Å²) < 4.78 is 0. The van der Waals surface area contributed by atoms with Crippen molar-refractivity contribution in [2.45, 2.75) is 13.0 Å². The Labute approximate surface area is 123 Å². The molecule has 1 atom stereocenters. The lowest BCUT2D eigenvalue weighted by atomic mass is 10.0. The highest BCUT2D eigenvalue weighted by Crippen LogP contribution is 2.31. The first-order valence-electron chi connectivity index (χ1n) is 6.32. The Bertz CT molecular complexity index is 627. The molecule has 0 aromatic heterocycles. The molecular formula is C16H16ClNO2. The van der Waals surface area contributed by atoms with Gasteiger partial charge in [0.1, 0.15) is 0 Å². The van der Waals surface area contributed by atoms with Crippen molar-refractivity contribution in [3.05, 3.63) is 64.7 Å². The first-order chi connectivity index (χ1) is 9.52. The SMILES string of the molecule is CC(c1ccccc1Cl)N(C)c1ccccc1C(=O)O. The lowest BCUT2D eigenvalue weighted by Gasteiger charge is -2.29. The molecule has 20 heavy (non-hydrogen) atoms. The van der Waals surface area contributed by atoms with Crippen molar-refractivity contribution in [2.75, 3.05) is 11.9 Å². The standard InChI is InChI=1S/C16H16ClNO2/c1-11(12-7-3-5-9-14(12)17)18(2)15-10-6-4-8-13(15)16(19)20/h3-11H,1-2H3,(H,19,20). The summed E-state index contributed by atoms with van der Waals surface area (Å²) in [7, 11) is 1.87. The number of hydrogen-bond acceptors (Lipinski definition) is 2. The average molecular weight is 290 g/mol. The van der Waals surface area contributed by atoms with Gasteiger partial charge >= 0.3 is 5.97 Å². The summed E-state index contributed by atoms with van der Waals surface area (Å²) in [5.74, 6) is -0.932. The molecular weight excluding hydrogens is 274 g/mol. The Balaban J connectivity index is 2.39. The van der Waals surface area contributed by atoms with Crippen LogP contribution in [0.15, 0.2) is 48.5 Å². The van der Waals surface area contributed by atoms with Crippen molar-refractivity contribution in [2.24, 2.45) is 0 Å². The molecule has 0 radical (unpaired) electrons. The lowest BCUT2D eigenvalue weighted by Crippen LogP contribution is -2.24. The second-order valence-corrected chi connectivity index (χ2v) is 5.04. The number of halogens is 1. The van der Waals surface area contributed by atoms with Crippen molar-refractivity contribution in [1.82, 2.24) is 0 Å². The van der Waals surface area contributed by atoms with Gasteiger partial charge in [0.05, 0.1) is 17.3 Å². The molecule has 0 heterocycles. The third kappa shape index (κ3) is 2.78. The molecule has 0 amide bonds. The molecule has 0 aliphatic carbocycles. The van der Waals surface area contributed by atoms with E-state index in [1.54, 1.807) is 18.2 Å². The van der Waals surface area contributed by atoms with Gasteiger partial charge in [0.15, 0.2) is 0 Å². The zero-order valence-corrected chi connectivity index (χ0v) is 12.1. The van der Waals surface area contributed by atoms with Crippen LogP contribution in [0.4, 0.5) is 5.69 Å². The van der Waals surface area contributed by atoms with E-state index in [1.165, 1.54) is 0 Å². The zero-order chi connectivity index (χ0) is 14.7. The molecule has 0 spiro atoms. The summed E-state index contributed by atoms with van der Waals surface area (Å²) in [4.78, 5) is 13.2. The van der Waals surface area contributed by atoms with Crippen LogP contribution in [0.1, 0.15) is 28.9 Å². The minimum Gasteiger partial charge on any atom is -0.478 e. The summed E-state index contributed by atoms with van der Waals surface area (Å²) in [6, 6.07) is 14.5. The van der Waals surface area contributed by atoms with Crippen LogP contribution in [0.25, 0.3) is 0 Å². The highest BCUT2D eigenvalue weighted by molar-refractivity contribution is 6.31. The van der Waals surface area contributed by atoms with Crippen LogP contribution in [0.2, 0.25) is 5.02 Å². The summed E-state index contributed by atoms with van der Waals surface area (Å²) in [6.45, 7) is 2.00. The van der Waals surface area contributed by atoms with Gasteiger partial charge in [-0.3, -0.25) is 0 Å². The first kappa shape index (κ1) is 14.4. The smallest absolute Gasteiger partial charge is 0.337 e. The van der Waals surface area contributed by atoms with E-state index in [2.05, 4.69) is 0 Å². The van der Waals surface area contributed by atoms with Gasteiger partial charge in [0.25, 0.3) is 0 Å². The van der Waals surface area contributed by atoms with E-state index >= 15 is 0 Å². The molecule has 0 aliphatic heterocycles. The monoisotopic (exact) mass is 289 g/mol. The quantitative estimate of drug-likeness (QED) is 0.915. The van der Waals surface area contributed by atoms with E-state index < -0.39 is 5.97 Å². The van der Waals surface area contributed by atoms with E-state index in [1.807, 2.05) is 49.2 Å². The van der Waals surface area contributed by atoms with Crippen molar-refractivity contribution in [3.8, 4) is 0 Å². The molecule has 0 aliphatic rings. The summed E-state index contributed by atoms with van der Waals surface area (Å²) in [5, 5.41) is 9.95. The van der Waals surface area contributed by atoms with Gasteiger partial charge in [-0.25, -0.2) is 4.79 Å². The van der Waals surface area contributed by atoms with Gasteiger partial charge in [0.2, 0.25) is 0 Å². The molecule has 1 N–H and O–H groups in total. The van der Waals surface area contributed by atoms with Crippen LogP contribution >= 0.6 is 11.6 Å². The van der Waals surface area contributed by atoms with Crippen molar-refractivity contribution >= 4 is 23.3 Å². The average Bonchev–Trinajstić information content (AvgIpc) is 2.46. The maximum Gasteiger partial charge on any atom is 0.337 e. The normalized spacial score (nSPS) is 11.9. The fraction of sp³-hybridized carbons (Fsp3) is 0.188. The molecule has 3 nitrogen and oxygen atoms in total. The number of carbonyl (C=O) groups is 1. The van der Waals surface area contributed by atoms with Crippen molar-refractivity contribution < 1.29 is 9.90 Å². The molecule has 4 heteroatoms. The van der Waals surface area contributed by atoms with Gasteiger partial charge in [-0.15, -0.1) is 0 Å². The number of anilines is 1. The Hall–Kier alpha value is -2.00. The molecule has 0 saturated heterocycles. The molecule has 0 fully saturated rings. The van der Waals surface area contributed by atoms with Gasteiger partial charge in [0, 0.05) is 12.1 Å². The van der Waals surface area contributed by atoms with Crippen molar-refractivity contribution in [3.63, 3.8) is 0 Å². The van der Waals surface area contributed by atoms with E-state index in [0.29, 0.717) is 10.7 Å². The summed E-state index contributed by atoms with van der Waals surface area (Å²) in [5.41, 5.74) is 1.93. The highest BCUT2D eigenvalue weighted by Gasteiger charge is 2.19. The fourth-order valence-corrected chi connectivity index (χ4v) is 2.49. The zero-order valence-electron chi connectivity index (χ0n) is 11.4. The number of hydrogen-bond donors (Lipinski definition) is 1.